The molecular formula is C10H9N3O3S. The van der Waals surface area contributed by atoms with Crippen LogP contribution in [0.3, 0.4) is 0 Å². The fraction of sp³-hybridized carbons (Fsp3) is 0.200. The van der Waals surface area contributed by atoms with Crippen molar-refractivity contribution in [3.63, 3.8) is 0 Å². The molecule has 88 valence electrons. The van der Waals surface area contributed by atoms with Crippen LogP contribution in [-0.4, -0.2) is 32.0 Å². The SMILES string of the molecule is Cc1ccncc1-c1noc(SCC(=O)O)n1. The summed E-state index contributed by atoms with van der Waals surface area (Å²) < 4.78 is 4.94. The summed E-state index contributed by atoms with van der Waals surface area (Å²) in [6, 6.07) is 1.84. The molecule has 7 heteroatoms. The highest BCUT2D eigenvalue weighted by molar-refractivity contribution is 7.99. The smallest absolute Gasteiger partial charge is 0.314 e. The van der Waals surface area contributed by atoms with E-state index in [-0.39, 0.29) is 11.0 Å². The molecule has 17 heavy (non-hydrogen) atoms. The molecular weight excluding hydrogens is 242 g/mol. The Morgan fingerprint density at radius 2 is 2.41 bits per heavy atom. The van der Waals surface area contributed by atoms with Crippen LogP contribution in [0.25, 0.3) is 11.4 Å². The summed E-state index contributed by atoms with van der Waals surface area (Å²) in [4.78, 5) is 18.5. The highest BCUT2D eigenvalue weighted by Gasteiger charge is 2.12. The van der Waals surface area contributed by atoms with Gasteiger partial charge in [-0.3, -0.25) is 9.78 Å². The number of aliphatic carboxylic acids is 1. The fourth-order valence-corrected chi connectivity index (χ4v) is 1.69. The van der Waals surface area contributed by atoms with Gasteiger partial charge in [-0.2, -0.15) is 4.98 Å². The molecule has 0 atom stereocenters. The van der Waals surface area contributed by atoms with Gasteiger partial charge in [0.1, 0.15) is 5.75 Å². The Balaban J connectivity index is 2.18. The van der Waals surface area contributed by atoms with E-state index in [0.717, 1.165) is 22.9 Å². The van der Waals surface area contributed by atoms with Gasteiger partial charge >= 0.3 is 5.97 Å². The largest absolute Gasteiger partial charge is 0.481 e. The third-order valence-corrected chi connectivity index (χ3v) is 2.81. The molecule has 2 aromatic rings. The molecule has 0 aliphatic heterocycles. The minimum Gasteiger partial charge on any atom is -0.481 e. The minimum absolute atomic E-state index is 0.104. The maximum Gasteiger partial charge on any atom is 0.314 e. The van der Waals surface area contributed by atoms with Crippen LogP contribution in [0.15, 0.2) is 28.2 Å². The number of carboxylic acid groups (broad SMARTS) is 1. The molecule has 0 saturated carbocycles. The summed E-state index contributed by atoms with van der Waals surface area (Å²) in [6.45, 7) is 1.91. The number of nitrogens with zero attached hydrogens (tertiary/aromatic N) is 3. The number of hydrogen-bond acceptors (Lipinski definition) is 6. The molecule has 0 spiro atoms. The maximum atomic E-state index is 10.4. The van der Waals surface area contributed by atoms with Gasteiger partial charge in [-0.15, -0.1) is 0 Å². The first-order valence-electron chi connectivity index (χ1n) is 4.76. The molecule has 0 amide bonds. The number of aromatic nitrogens is 3. The Morgan fingerprint density at radius 3 is 3.12 bits per heavy atom. The first-order valence-corrected chi connectivity index (χ1v) is 5.74. The predicted molar refractivity (Wildman–Crippen MR) is 60.6 cm³/mol. The molecule has 2 heterocycles. The normalized spacial score (nSPS) is 10.4. The van der Waals surface area contributed by atoms with Crippen molar-refractivity contribution in [1.82, 2.24) is 15.1 Å². The molecule has 0 aromatic carbocycles. The number of carbonyl (C=O) groups is 1. The molecule has 0 aliphatic carbocycles. The second-order valence-corrected chi connectivity index (χ2v) is 4.18. The first-order chi connectivity index (χ1) is 8.16. The van der Waals surface area contributed by atoms with E-state index >= 15 is 0 Å². The van der Waals surface area contributed by atoms with Crippen molar-refractivity contribution in [2.45, 2.75) is 12.1 Å². The predicted octanol–water partition coefficient (Wildman–Crippen LogP) is 1.62. The van der Waals surface area contributed by atoms with Gasteiger partial charge in [0.15, 0.2) is 0 Å². The van der Waals surface area contributed by atoms with E-state index in [9.17, 15) is 4.79 Å². The molecule has 2 aromatic heterocycles. The van der Waals surface area contributed by atoms with Crippen LogP contribution in [0.2, 0.25) is 0 Å². The van der Waals surface area contributed by atoms with Crippen molar-refractivity contribution in [3.05, 3.63) is 24.0 Å². The van der Waals surface area contributed by atoms with Crippen LogP contribution in [0, 0.1) is 6.92 Å². The number of aryl methyl sites for hydroxylation is 1. The molecule has 0 aliphatic rings. The molecule has 0 saturated heterocycles. The van der Waals surface area contributed by atoms with Crippen molar-refractivity contribution >= 4 is 17.7 Å². The van der Waals surface area contributed by atoms with Crippen molar-refractivity contribution in [3.8, 4) is 11.4 Å². The summed E-state index contributed by atoms with van der Waals surface area (Å²) in [6.07, 6.45) is 3.32. The number of carboxylic acids is 1. The maximum absolute atomic E-state index is 10.4. The van der Waals surface area contributed by atoms with Crippen LogP contribution in [0.4, 0.5) is 0 Å². The zero-order valence-electron chi connectivity index (χ0n) is 8.95. The highest BCUT2D eigenvalue weighted by Crippen LogP contribution is 2.22. The Bertz CT molecular complexity index is 541. The summed E-state index contributed by atoms with van der Waals surface area (Å²) in [5, 5.41) is 12.5. The number of thioether (sulfide) groups is 1. The minimum atomic E-state index is -0.924. The van der Waals surface area contributed by atoms with Crippen LogP contribution >= 0.6 is 11.8 Å². The van der Waals surface area contributed by atoms with E-state index in [2.05, 4.69) is 15.1 Å². The monoisotopic (exact) mass is 251 g/mol. The second kappa shape index (κ2) is 4.96. The Morgan fingerprint density at radius 1 is 1.59 bits per heavy atom. The van der Waals surface area contributed by atoms with E-state index in [1.165, 1.54) is 0 Å². The average molecular weight is 251 g/mol. The third-order valence-electron chi connectivity index (χ3n) is 2.01. The fourth-order valence-electron chi connectivity index (χ4n) is 1.20. The van der Waals surface area contributed by atoms with Crippen LogP contribution < -0.4 is 0 Å². The van der Waals surface area contributed by atoms with E-state index in [1.54, 1.807) is 12.4 Å². The highest BCUT2D eigenvalue weighted by atomic mass is 32.2. The molecule has 1 N–H and O–H groups in total. The lowest BCUT2D eigenvalue weighted by Gasteiger charge is -1.96. The lowest BCUT2D eigenvalue weighted by Crippen LogP contribution is -1.97. The summed E-state index contributed by atoms with van der Waals surface area (Å²) >= 11 is 0.990. The van der Waals surface area contributed by atoms with Crippen molar-refractivity contribution < 1.29 is 14.4 Å². The summed E-state index contributed by atoms with van der Waals surface area (Å²) in [7, 11) is 0. The topological polar surface area (TPSA) is 89.1 Å². The van der Waals surface area contributed by atoms with Gasteiger partial charge in [0, 0.05) is 18.0 Å². The Hall–Kier alpha value is -1.89. The van der Waals surface area contributed by atoms with Crippen molar-refractivity contribution in [2.75, 3.05) is 5.75 Å². The van der Waals surface area contributed by atoms with Crippen LogP contribution in [0.5, 0.6) is 0 Å². The second-order valence-electron chi connectivity index (χ2n) is 3.26. The molecule has 0 fully saturated rings. The number of rotatable bonds is 4. The molecule has 0 bridgehead atoms. The van der Waals surface area contributed by atoms with Crippen LogP contribution in [0.1, 0.15) is 5.56 Å². The molecule has 0 radical (unpaired) electrons. The van der Waals surface area contributed by atoms with E-state index in [4.69, 9.17) is 9.63 Å². The van der Waals surface area contributed by atoms with Gasteiger partial charge in [-0.1, -0.05) is 16.9 Å². The van der Waals surface area contributed by atoms with E-state index in [1.807, 2.05) is 13.0 Å². The quantitative estimate of drug-likeness (QED) is 0.825. The summed E-state index contributed by atoms with van der Waals surface area (Å²) in [5.74, 6) is -0.607. The van der Waals surface area contributed by atoms with Crippen LogP contribution in [-0.2, 0) is 4.79 Å². The van der Waals surface area contributed by atoms with Gasteiger partial charge in [0.2, 0.25) is 5.82 Å². The third kappa shape index (κ3) is 2.82. The van der Waals surface area contributed by atoms with E-state index in [0.29, 0.717) is 5.82 Å². The van der Waals surface area contributed by atoms with Gasteiger partial charge in [0.05, 0.1) is 0 Å². The Labute approximate surface area is 101 Å². The lowest BCUT2D eigenvalue weighted by molar-refractivity contribution is -0.133. The zero-order valence-corrected chi connectivity index (χ0v) is 9.77. The standard InChI is InChI=1S/C10H9N3O3S/c1-6-2-3-11-4-7(6)9-12-10(16-13-9)17-5-8(14)15/h2-4H,5H2,1H3,(H,14,15). The zero-order chi connectivity index (χ0) is 12.3. The van der Waals surface area contributed by atoms with Crippen molar-refractivity contribution in [2.24, 2.45) is 0 Å². The van der Waals surface area contributed by atoms with Gasteiger partial charge in [-0.05, 0) is 18.6 Å². The van der Waals surface area contributed by atoms with E-state index < -0.39 is 5.97 Å². The number of hydrogen-bond donors (Lipinski definition) is 1. The lowest BCUT2D eigenvalue weighted by atomic mass is 10.1. The van der Waals surface area contributed by atoms with Gasteiger partial charge in [0.25, 0.3) is 5.22 Å². The molecule has 0 unspecified atom stereocenters. The molecule has 6 nitrogen and oxygen atoms in total. The number of pyridine rings is 1. The van der Waals surface area contributed by atoms with Gasteiger partial charge < -0.3 is 9.63 Å². The Kier molecular flexibility index (Phi) is 3.38. The molecule has 2 rings (SSSR count). The van der Waals surface area contributed by atoms with Gasteiger partial charge in [-0.25, -0.2) is 0 Å². The summed E-state index contributed by atoms with van der Waals surface area (Å²) in [5.41, 5.74) is 1.76. The first kappa shape index (κ1) is 11.6. The van der Waals surface area contributed by atoms with Crippen molar-refractivity contribution in [1.29, 1.82) is 0 Å². The average Bonchev–Trinajstić information content (AvgIpc) is 2.75.